The maximum Gasteiger partial charge on any atom is 0.318 e. The largest absolute Gasteiger partial charge is 0.472 e. The van der Waals surface area contributed by atoms with Crippen LogP contribution >= 0.6 is 0 Å². The van der Waals surface area contributed by atoms with E-state index in [0.717, 1.165) is 17.0 Å². The average Bonchev–Trinajstić information content (AvgIpc) is 3.40. The van der Waals surface area contributed by atoms with Crippen molar-refractivity contribution in [3.8, 4) is 11.3 Å². The lowest BCUT2D eigenvalue weighted by molar-refractivity contribution is 0.193. The van der Waals surface area contributed by atoms with E-state index in [0.29, 0.717) is 5.69 Å². The van der Waals surface area contributed by atoms with Gasteiger partial charge in [-0.1, -0.05) is 43.0 Å². The van der Waals surface area contributed by atoms with Crippen molar-refractivity contribution in [2.45, 2.75) is 13.5 Å². The van der Waals surface area contributed by atoms with Gasteiger partial charge < -0.3 is 15.4 Å². The molecule has 1 heterocycles. The van der Waals surface area contributed by atoms with Crippen LogP contribution in [0.2, 0.25) is 0 Å². The van der Waals surface area contributed by atoms with Crippen molar-refractivity contribution in [3.05, 3.63) is 103 Å². The molecule has 0 atom stereocenters. The summed E-state index contributed by atoms with van der Waals surface area (Å²) >= 11 is 0. The number of hydrogen-bond donors (Lipinski definition) is 2. The van der Waals surface area contributed by atoms with E-state index in [-0.39, 0.29) is 18.1 Å². The summed E-state index contributed by atoms with van der Waals surface area (Å²) in [7, 11) is 1.48. The van der Waals surface area contributed by atoms with Crippen molar-refractivity contribution in [2.75, 3.05) is 12.4 Å². The number of carbonyl (C=O) groups is 1. The lowest BCUT2D eigenvalue weighted by Gasteiger charge is -2.09. The Morgan fingerprint density at radius 1 is 1.19 bits per heavy atom. The fourth-order valence-corrected chi connectivity index (χ4v) is 2.83. The minimum Gasteiger partial charge on any atom is -0.472 e. The average molecular weight is 489 g/mol. The van der Waals surface area contributed by atoms with Crippen LogP contribution in [0.5, 0.6) is 0 Å². The van der Waals surface area contributed by atoms with Crippen molar-refractivity contribution < 1.29 is 13.9 Å². The number of hydrogen-bond acceptors (Lipinski definition) is 5. The van der Waals surface area contributed by atoms with E-state index in [2.05, 4.69) is 45.7 Å². The minimum atomic E-state index is -0.456. The summed E-state index contributed by atoms with van der Waals surface area (Å²) in [6.45, 7) is 12.4. The van der Waals surface area contributed by atoms with Crippen molar-refractivity contribution in [3.63, 3.8) is 0 Å². The third-order valence-electron chi connectivity index (χ3n) is 4.58. The van der Waals surface area contributed by atoms with Gasteiger partial charge in [-0.25, -0.2) is 18.9 Å². The van der Waals surface area contributed by atoms with E-state index in [9.17, 15) is 9.18 Å². The smallest absolute Gasteiger partial charge is 0.318 e. The molecule has 2 aromatic carbocycles. The van der Waals surface area contributed by atoms with Gasteiger partial charge in [0.1, 0.15) is 12.4 Å². The second-order valence-electron chi connectivity index (χ2n) is 7.11. The number of ether oxygens (including phenoxy) is 1. The van der Waals surface area contributed by atoms with Gasteiger partial charge >= 0.3 is 6.03 Å². The normalized spacial score (nSPS) is 10.7. The molecule has 0 saturated heterocycles. The fraction of sp³-hybridized carbons (Fsp3) is 0.111. The number of aromatic nitrogens is 2. The molecule has 0 aliphatic carbocycles. The zero-order chi connectivity index (χ0) is 26.3. The van der Waals surface area contributed by atoms with Crippen molar-refractivity contribution in [1.29, 1.82) is 0 Å². The van der Waals surface area contributed by atoms with Crippen LogP contribution in [0.1, 0.15) is 12.5 Å². The lowest BCUT2D eigenvalue weighted by Crippen LogP contribution is -2.24. The van der Waals surface area contributed by atoms with Gasteiger partial charge in [-0.15, -0.1) is 0 Å². The summed E-state index contributed by atoms with van der Waals surface area (Å²) in [6, 6.07) is 15.9. The Labute approximate surface area is 210 Å². The van der Waals surface area contributed by atoms with E-state index in [4.69, 9.17) is 4.74 Å². The molecule has 2 N–H and O–H groups in total. The van der Waals surface area contributed by atoms with Gasteiger partial charge in [0.05, 0.1) is 17.6 Å². The molecule has 0 saturated carbocycles. The molecular formula is C27H29FN6O2. The Bertz CT molecular complexity index is 1250. The van der Waals surface area contributed by atoms with Crippen LogP contribution < -0.4 is 10.6 Å². The molecule has 3 rings (SSSR count). The van der Waals surface area contributed by atoms with Crippen molar-refractivity contribution >= 4 is 30.9 Å². The molecule has 1 aromatic heterocycles. The van der Waals surface area contributed by atoms with E-state index in [1.807, 2.05) is 61.7 Å². The summed E-state index contributed by atoms with van der Waals surface area (Å²) in [4.78, 5) is 18.2. The first kappa shape index (κ1) is 27.5. The number of nitrogens with zero attached hydrogens (tertiary/aromatic N) is 4. The highest BCUT2D eigenvalue weighted by molar-refractivity contribution is 5.89. The molecule has 0 aliphatic rings. The van der Waals surface area contributed by atoms with Gasteiger partial charge in [-0.3, -0.25) is 4.99 Å². The van der Waals surface area contributed by atoms with Crippen LogP contribution in [0.25, 0.3) is 17.0 Å². The van der Waals surface area contributed by atoms with Crippen molar-refractivity contribution in [2.24, 2.45) is 9.98 Å². The molecule has 3 aromatic rings. The van der Waals surface area contributed by atoms with Crippen LogP contribution in [-0.2, 0) is 11.3 Å². The number of rotatable bonds is 9. The first-order chi connectivity index (χ1) is 17.4. The van der Waals surface area contributed by atoms with Crippen LogP contribution in [0.4, 0.5) is 14.9 Å². The standard InChI is InChI=1S/C14H14N2.C13H15FN4O2/c1-3-7-12(2)16-11-10-14(15-16)13-8-5-4-6-9-13;1-15-7-12(16-2)20-8-9-6-10(4-5-11(9)14)18-13(19)17-3/h3-11H,2H2,1H3;4-7H,1-2,8H2,3H3,(H2,17,18,19)/b7-3-;12-7+. The summed E-state index contributed by atoms with van der Waals surface area (Å²) in [5.74, 6) is -0.327. The summed E-state index contributed by atoms with van der Waals surface area (Å²) in [5, 5.41) is 9.40. The van der Waals surface area contributed by atoms with Gasteiger partial charge in [0, 0.05) is 30.1 Å². The molecule has 8 nitrogen and oxygen atoms in total. The lowest BCUT2D eigenvalue weighted by atomic mass is 10.2. The monoisotopic (exact) mass is 488 g/mol. The zero-order valence-electron chi connectivity index (χ0n) is 20.3. The molecule has 0 unspecified atom stereocenters. The number of urea groups is 1. The number of anilines is 1. The van der Waals surface area contributed by atoms with Gasteiger partial charge in [0.25, 0.3) is 0 Å². The number of amides is 2. The van der Waals surface area contributed by atoms with Crippen molar-refractivity contribution in [1.82, 2.24) is 15.1 Å². The predicted octanol–water partition coefficient (Wildman–Crippen LogP) is 5.89. The molecular weight excluding hydrogens is 459 g/mol. The first-order valence-corrected chi connectivity index (χ1v) is 10.9. The second kappa shape index (κ2) is 14.5. The molecule has 0 aliphatic heterocycles. The second-order valence-corrected chi connectivity index (χ2v) is 7.11. The summed E-state index contributed by atoms with van der Waals surface area (Å²) in [5.41, 5.74) is 3.66. The van der Waals surface area contributed by atoms with Crippen LogP contribution in [0.3, 0.4) is 0 Å². The third-order valence-corrected chi connectivity index (χ3v) is 4.58. The molecule has 36 heavy (non-hydrogen) atoms. The van der Waals surface area contributed by atoms with Crippen LogP contribution in [0.15, 0.2) is 102 Å². The Morgan fingerprint density at radius 2 is 1.94 bits per heavy atom. The maximum atomic E-state index is 13.6. The minimum absolute atomic E-state index is 0.0739. The predicted molar refractivity (Wildman–Crippen MR) is 144 cm³/mol. The quantitative estimate of drug-likeness (QED) is 0.223. The maximum absolute atomic E-state index is 13.6. The highest BCUT2D eigenvalue weighted by Gasteiger charge is 2.07. The third kappa shape index (κ3) is 8.53. The summed E-state index contributed by atoms with van der Waals surface area (Å²) < 4.78 is 20.6. The number of allylic oxidation sites excluding steroid dienone is 3. The fourth-order valence-electron chi connectivity index (χ4n) is 2.83. The Balaban J connectivity index is 0.000000259. The Hall–Kier alpha value is -4.79. The summed E-state index contributed by atoms with van der Waals surface area (Å²) in [6.07, 6.45) is 7.07. The zero-order valence-corrected chi connectivity index (χ0v) is 20.3. The van der Waals surface area contributed by atoms with Crippen LogP contribution in [-0.4, -0.2) is 36.3 Å². The first-order valence-electron chi connectivity index (χ1n) is 10.9. The van der Waals surface area contributed by atoms with Gasteiger partial charge in [-0.05, 0) is 50.7 Å². The molecule has 0 spiro atoms. The number of benzene rings is 2. The number of aliphatic imine (C=N–C) groups is 2. The Kier molecular flexibility index (Phi) is 11.0. The van der Waals surface area contributed by atoms with E-state index in [1.54, 1.807) is 4.68 Å². The molecule has 2 amide bonds. The van der Waals surface area contributed by atoms with Crippen LogP contribution in [0, 0.1) is 5.82 Å². The molecule has 0 fully saturated rings. The van der Waals surface area contributed by atoms with Gasteiger partial charge in [0.15, 0.2) is 0 Å². The molecule has 0 radical (unpaired) electrons. The number of carbonyl (C=O) groups excluding carboxylic acids is 1. The Morgan fingerprint density at radius 3 is 2.58 bits per heavy atom. The molecule has 0 bridgehead atoms. The van der Waals surface area contributed by atoms with Gasteiger partial charge in [0.2, 0.25) is 5.88 Å². The molecule has 9 heteroatoms. The van der Waals surface area contributed by atoms with E-state index < -0.39 is 11.8 Å². The van der Waals surface area contributed by atoms with Gasteiger partial charge in [-0.2, -0.15) is 5.10 Å². The SMILES string of the molecule is C=C(/C=C\C)n1ccc(-c2ccccc2)n1.C=N/C=C(\N=C)OCc1cc(NC(=O)NC)ccc1F. The van der Waals surface area contributed by atoms with E-state index >= 15 is 0 Å². The topological polar surface area (TPSA) is 92.9 Å². The van der Waals surface area contributed by atoms with E-state index in [1.165, 1.54) is 31.4 Å². The highest BCUT2D eigenvalue weighted by atomic mass is 19.1. The molecule has 186 valence electrons. The highest BCUT2D eigenvalue weighted by Crippen LogP contribution is 2.18. The number of nitrogens with one attached hydrogen (secondary N) is 2. The number of halogens is 1.